The monoisotopic (exact) mass is 290 g/mol. The number of benzene rings is 1. The van der Waals surface area contributed by atoms with Crippen molar-refractivity contribution in [3.63, 3.8) is 0 Å². The molecule has 2 unspecified atom stereocenters. The average molecular weight is 290 g/mol. The van der Waals surface area contributed by atoms with Crippen LogP contribution in [-0.4, -0.2) is 30.8 Å². The SMILES string of the molecule is O=C(c1ccc2nonc2c1)C1CC2CCC(C1)S2=O. The average Bonchev–Trinajstić information content (AvgIpc) is 2.98. The van der Waals surface area contributed by atoms with E-state index in [0.717, 1.165) is 25.7 Å². The van der Waals surface area contributed by atoms with E-state index in [9.17, 15) is 9.00 Å². The zero-order chi connectivity index (χ0) is 13.7. The maximum absolute atomic E-state index is 12.6. The van der Waals surface area contributed by atoms with Crippen molar-refractivity contribution < 1.29 is 13.6 Å². The molecular formula is C14H14N2O3S. The number of hydrogen-bond acceptors (Lipinski definition) is 5. The van der Waals surface area contributed by atoms with Gasteiger partial charge in [-0.2, -0.15) is 0 Å². The van der Waals surface area contributed by atoms with Crippen molar-refractivity contribution >= 4 is 27.6 Å². The van der Waals surface area contributed by atoms with Gasteiger partial charge in [0.2, 0.25) is 0 Å². The molecule has 0 N–H and O–H groups in total. The number of nitrogens with zero attached hydrogens (tertiary/aromatic N) is 2. The van der Waals surface area contributed by atoms with Crippen molar-refractivity contribution in [3.05, 3.63) is 23.8 Å². The van der Waals surface area contributed by atoms with Gasteiger partial charge in [-0.15, -0.1) is 0 Å². The lowest BCUT2D eigenvalue weighted by molar-refractivity contribution is 0.0906. The zero-order valence-electron chi connectivity index (χ0n) is 10.8. The fourth-order valence-corrected chi connectivity index (χ4v) is 5.54. The van der Waals surface area contributed by atoms with E-state index in [0.29, 0.717) is 16.6 Å². The molecule has 0 radical (unpaired) electrons. The summed E-state index contributed by atoms with van der Waals surface area (Å²) >= 11 is 0. The summed E-state index contributed by atoms with van der Waals surface area (Å²) in [5.74, 6) is 0.144. The Morgan fingerprint density at radius 1 is 1.15 bits per heavy atom. The van der Waals surface area contributed by atoms with Gasteiger partial charge in [0.15, 0.2) is 5.78 Å². The molecule has 0 spiro atoms. The van der Waals surface area contributed by atoms with Crippen LogP contribution < -0.4 is 0 Å². The number of carbonyl (C=O) groups excluding carboxylic acids is 1. The van der Waals surface area contributed by atoms with E-state index >= 15 is 0 Å². The molecule has 2 saturated heterocycles. The maximum Gasteiger partial charge on any atom is 0.166 e. The van der Waals surface area contributed by atoms with Crippen LogP contribution in [0.4, 0.5) is 0 Å². The molecule has 1 aromatic heterocycles. The first-order valence-electron chi connectivity index (χ1n) is 6.88. The van der Waals surface area contributed by atoms with Gasteiger partial charge in [0, 0.05) is 32.8 Å². The molecule has 0 amide bonds. The lowest BCUT2D eigenvalue weighted by atomic mass is 9.90. The van der Waals surface area contributed by atoms with E-state index < -0.39 is 10.8 Å². The maximum atomic E-state index is 12.6. The Bertz CT molecular complexity index is 695. The highest BCUT2D eigenvalue weighted by molar-refractivity contribution is 7.86. The number of Topliss-reactive ketones (excluding diaryl/α,β-unsaturated/α-hetero) is 1. The smallest absolute Gasteiger partial charge is 0.166 e. The minimum atomic E-state index is -0.718. The van der Waals surface area contributed by atoms with Crippen LogP contribution in [0.15, 0.2) is 22.8 Å². The first kappa shape index (κ1) is 12.2. The highest BCUT2D eigenvalue weighted by Gasteiger charge is 2.42. The standard InChI is InChI=1S/C14H14N2O3S/c17-14(8-1-4-12-13(7-8)16-19-15-12)9-5-10-2-3-11(6-9)20(10)18/h1,4,7,9-11H,2-3,5-6H2. The molecule has 1 aromatic carbocycles. The van der Waals surface area contributed by atoms with Crippen molar-refractivity contribution in [2.45, 2.75) is 36.2 Å². The molecule has 104 valence electrons. The third-order valence-corrected chi connectivity index (χ3v) is 6.64. The van der Waals surface area contributed by atoms with Gasteiger partial charge in [0.05, 0.1) is 0 Å². The summed E-state index contributed by atoms with van der Waals surface area (Å²) in [6.07, 6.45) is 3.54. The van der Waals surface area contributed by atoms with Gasteiger partial charge >= 0.3 is 0 Å². The molecule has 2 bridgehead atoms. The highest BCUT2D eigenvalue weighted by Crippen LogP contribution is 2.39. The van der Waals surface area contributed by atoms with Gasteiger partial charge < -0.3 is 0 Å². The molecule has 4 rings (SSSR count). The van der Waals surface area contributed by atoms with Crippen LogP contribution in [0.5, 0.6) is 0 Å². The van der Waals surface area contributed by atoms with Crippen LogP contribution in [0.25, 0.3) is 11.0 Å². The van der Waals surface area contributed by atoms with Gasteiger partial charge in [0.25, 0.3) is 0 Å². The topological polar surface area (TPSA) is 73.1 Å². The molecule has 0 aliphatic carbocycles. The van der Waals surface area contributed by atoms with Gasteiger partial charge in [-0.25, -0.2) is 4.63 Å². The van der Waals surface area contributed by atoms with E-state index in [4.69, 9.17) is 0 Å². The van der Waals surface area contributed by atoms with E-state index in [-0.39, 0.29) is 22.2 Å². The van der Waals surface area contributed by atoms with Crippen LogP contribution in [0.1, 0.15) is 36.0 Å². The van der Waals surface area contributed by atoms with E-state index in [1.54, 1.807) is 18.2 Å². The van der Waals surface area contributed by atoms with Gasteiger partial charge in [-0.1, -0.05) is 0 Å². The molecule has 2 aliphatic rings. The summed E-state index contributed by atoms with van der Waals surface area (Å²) in [4.78, 5) is 12.6. The number of fused-ring (bicyclic) bond motifs is 3. The summed E-state index contributed by atoms with van der Waals surface area (Å²) < 4.78 is 16.7. The molecule has 2 atom stereocenters. The minimum absolute atomic E-state index is 0.00232. The Balaban J connectivity index is 1.62. The fourth-order valence-electron chi connectivity index (χ4n) is 3.42. The van der Waals surface area contributed by atoms with Crippen LogP contribution in [-0.2, 0) is 10.8 Å². The van der Waals surface area contributed by atoms with Gasteiger partial charge in [-0.05, 0) is 54.2 Å². The summed E-state index contributed by atoms with van der Waals surface area (Å²) in [7, 11) is -0.718. The van der Waals surface area contributed by atoms with E-state index in [2.05, 4.69) is 14.9 Å². The second-order valence-electron chi connectivity index (χ2n) is 5.65. The van der Waals surface area contributed by atoms with Crippen LogP contribution in [0, 0.1) is 5.92 Å². The molecule has 5 nitrogen and oxygen atoms in total. The lowest BCUT2D eigenvalue weighted by Crippen LogP contribution is -2.32. The molecular weight excluding hydrogens is 276 g/mol. The van der Waals surface area contributed by atoms with Crippen molar-refractivity contribution in [2.75, 3.05) is 0 Å². The number of hydrogen-bond donors (Lipinski definition) is 0. The third-order valence-electron chi connectivity index (χ3n) is 4.47. The summed E-state index contributed by atoms with van der Waals surface area (Å²) in [5.41, 5.74) is 1.93. The molecule has 0 saturated carbocycles. The highest BCUT2D eigenvalue weighted by atomic mass is 32.2. The first-order chi connectivity index (χ1) is 9.72. The summed E-state index contributed by atoms with van der Waals surface area (Å²) in [6.45, 7) is 0. The largest absolute Gasteiger partial charge is 0.294 e. The number of ketones is 1. The van der Waals surface area contributed by atoms with E-state index in [1.807, 2.05) is 0 Å². The number of rotatable bonds is 2. The Kier molecular flexibility index (Phi) is 2.73. The number of aromatic nitrogens is 2. The predicted octanol–water partition coefficient (Wildman–Crippen LogP) is 2.10. The van der Waals surface area contributed by atoms with Crippen LogP contribution >= 0.6 is 0 Å². The quantitative estimate of drug-likeness (QED) is 0.792. The Morgan fingerprint density at radius 3 is 2.60 bits per heavy atom. The minimum Gasteiger partial charge on any atom is -0.294 e. The van der Waals surface area contributed by atoms with Gasteiger partial charge in [0.1, 0.15) is 11.0 Å². The summed E-state index contributed by atoms with van der Waals surface area (Å²) in [5, 5.41) is 7.96. The van der Waals surface area contributed by atoms with Crippen molar-refractivity contribution in [2.24, 2.45) is 5.92 Å². The Labute approximate surface area is 118 Å². The third kappa shape index (κ3) is 1.82. The predicted molar refractivity (Wildman–Crippen MR) is 73.8 cm³/mol. The van der Waals surface area contributed by atoms with Crippen molar-refractivity contribution in [1.29, 1.82) is 0 Å². The normalized spacial score (nSPS) is 32.6. The second-order valence-corrected chi connectivity index (χ2v) is 7.64. The van der Waals surface area contributed by atoms with Gasteiger partial charge in [-0.3, -0.25) is 9.00 Å². The summed E-state index contributed by atoms with van der Waals surface area (Å²) in [6, 6.07) is 5.28. The molecule has 3 heterocycles. The molecule has 6 heteroatoms. The lowest BCUT2D eigenvalue weighted by Gasteiger charge is -2.26. The Hall–Kier alpha value is -1.56. The Morgan fingerprint density at radius 2 is 1.85 bits per heavy atom. The van der Waals surface area contributed by atoms with Crippen molar-refractivity contribution in [1.82, 2.24) is 10.3 Å². The molecule has 2 aromatic rings. The van der Waals surface area contributed by atoms with Crippen LogP contribution in [0.3, 0.4) is 0 Å². The zero-order valence-corrected chi connectivity index (χ0v) is 11.6. The van der Waals surface area contributed by atoms with Crippen molar-refractivity contribution in [3.8, 4) is 0 Å². The second kappa shape index (κ2) is 4.48. The van der Waals surface area contributed by atoms with Crippen LogP contribution in [0.2, 0.25) is 0 Å². The first-order valence-corrected chi connectivity index (χ1v) is 8.16. The van der Waals surface area contributed by atoms with E-state index in [1.165, 1.54) is 0 Å². The molecule has 2 fully saturated rings. The molecule has 2 aliphatic heterocycles. The molecule has 20 heavy (non-hydrogen) atoms. The fraction of sp³-hybridized carbons (Fsp3) is 0.500. The number of carbonyl (C=O) groups is 1.